The Hall–Kier alpha value is -2.68. The lowest BCUT2D eigenvalue weighted by atomic mass is 10.1. The van der Waals surface area contributed by atoms with Crippen molar-refractivity contribution in [2.24, 2.45) is 0 Å². The van der Waals surface area contributed by atoms with E-state index in [9.17, 15) is 0 Å². The highest BCUT2D eigenvalue weighted by Crippen LogP contribution is 2.22. The fraction of sp³-hybridized carbons (Fsp3) is 0.111. The van der Waals surface area contributed by atoms with Gasteiger partial charge in [0.15, 0.2) is 0 Å². The molecule has 2 aromatic carbocycles. The first-order valence-corrected chi connectivity index (χ1v) is 6.84. The van der Waals surface area contributed by atoms with Crippen LogP contribution in [0.25, 0.3) is 11.1 Å². The van der Waals surface area contributed by atoms with Crippen molar-refractivity contribution in [1.29, 1.82) is 0 Å². The minimum absolute atomic E-state index is 0.358. The zero-order chi connectivity index (χ0) is 14.7. The van der Waals surface area contributed by atoms with Gasteiger partial charge >= 0.3 is 6.01 Å². The van der Waals surface area contributed by atoms with E-state index in [0.717, 1.165) is 22.4 Å². The molecule has 0 atom stereocenters. The van der Waals surface area contributed by atoms with E-state index in [4.69, 9.17) is 4.74 Å². The van der Waals surface area contributed by atoms with Crippen molar-refractivity contribution in [3.8, 4) is 22.9 Å². The van der Waals surface area contributed by atoms with Crippen molar-refractivity contribution in [3.63, 3.8) is 0 Å². The quantitative estimate of drug-likeness (QED) is 0.703. The Morgan fingerprint density at radius 2 is 1.48 bits per heavy atom. The van der Waals surface area contributed by atoms with Crippen LogP contribution < -0.4 is 4.74 Å². The molecule has 3 heteroatoms. The summed E-state index contributed by atoms with van der Waals surface area (Å²) in [6.45, 7) is 4.09. The Balaban J connectivity index is 1.79. The number of hydrogen-bond acceptors (Lipinski definition) is 3. The topological polar surface area (TPSA) is 35.0 Å². The summed E-state index contributed by atoms with van der Waals surface area (Å²) in [5.41, 5.74) is 4.46. The summed E-state index contributed by atoms with van der Waals surface area (Å²) in [6.07, 6.45) is 3.56. The van der Waals surface area contributed by atoms with E-state index in [1.807, 2.05) is 31.2 Å². The molecule has 0 fully saturated rings. The maximum Gasteiger partial charge on any atom is 0.321 e. The summed E-state index contributed by atoms with van der Waals surface area (Å²) < 4.78 is 5.65. The Morgan fingerprint density at radius 3 is 2.14 bits per heavy atom. The van der Waals surface area contributed by atoms with Crippen LogP contribution in [0.2, 0.25) is 0 Å². The monoisotopic (exact) mass is 276 g/mol. The van der Waals surface area contributed by atoms with E-state index >= 15 is 0 Å². The Morgan fingerprint density at radius 1 is 0.762 bits per heavy atom. The molecule has 0 saturated heterocycles. The summed E-state index contributed by atoms with van der Waals surface area (Å²) in [5, 5.41) is 0. The van der Waals surface area contributed by atoms with Crippen LogP contribution in [0.5, 0.6) is 11.8 Å². The number of benzene rings is 2. The molecule has 0 amide bonds. The van der Waals surface area contributed by atoms with Gasteiger partial charge in [0, 0.05) is 18.0 Å². The van der Waals surface area contributed by atoms with Gasteiger partial charge in [-0.25, -0.2) is 9.97 Å². The highest BCUT2D eigenvalue weighted by molar-refractivity contribution is 5.61. The van der Waals surface area contributed by atoms with Gasteiger partial charge in [0.05, 0.1) is 0 Å². The molecule has 0 saturated carbocycles. The third kappa shape index (κ3) is 3.26. The summed E-state index contributed by atoms with van der Waals surface area (Å²) in [6, 6.07) is 16.5. The summed E-state index contributed by atoms with van der Waals surface area (Å²) in [7, 11) is 0. The fourth-order valence-corrected chi connectivity index (χ4v) is 2.05. The van der Waals surface area contributed by atoms with Gasteiger partial charge in [-0.05, 0) is 37.1 Å². The largest absolute Gasteiger partial charge is 0.424 e. The molecule has 3 aromatic rings. The molecule has 3 rings (SSSR count). The van der Waals surface area contributed by atoms with Crippen LogP contribution in [-0.4, -0.2) is 9.97 Å². The molecular formula is C18H16N2O. The van der Waals surface area contributed by atoms with Crippen molar-refractivity contribution >= 4 is 0 Å². The van der Waals surface area contributed by atoms with Crippen molar-refractivity contribution in [1.82, 2.24) is 9.97 Å². The van der Waals surface area contributed by atoms with E-state index in [-0.39, 0.29) is 0 Å². The Labute approximate surface area is 124 Å². The van der Waals surface area contributed by atoms with E-state index in [1.165, 1.54) is 5.56 Å². The lowest BCUT2D eigenvalue weighted by Gasteiger charge is -2.05. The van der Waals surface area contributed by atoms with E-state index < -0.39 is 0 Å². The molecular weight excluding hydrogens is 260 g/mol. The van der Waals surface area contributed by atoms with Crippen molar-refractivity contribution in [2.45, 2.75) is 13.8 Å². The summed E-state index contributed by atoms with van der Waals surface area (Å²) >= 11 is 0. The van der Waals surface area contributed by atoms with Gasteiger partial charge in [0.25, 0.3) is 0 Å². The number of hydrogen-bond donors (Lipinski definition) is 0. The smallest absolute Gasteiger partial charge is 0.321 e. The molecule has 0 spiro atoms. The van der Waals surface area contributed by atoms with Gasteiger partial charge in [-0.15, -0.1) is 0 Å². The predicted octanol–water partition coefficient (Wildman–Crippen LogP) is 4.55. The lowest BCUT2D eigenvalue weighted by molar-refractivity contribution is 0.441. The predicted molar refractivity (Wildman–Crippen MR) is 83.5 cm³/mol. The number of aryl methyl sites for hydroxylation is 2. The third-order valence-corrected chi connectivity index (χ3v) is 3.21. The first kappa shape index (κ1) is 13.3. The van der Waals surface area contributed by atoms with Crippen LogP contribution in [0.1, 0.15) is 11.1 Å². The summed E-state index contributed by atoms with van der Waals surface area (Å²) in [5.74, 6) is 0.748. The van der Waals surface area contributed by atoms with Crippen LogP contribution in [-0.2, 0) is 0 Å². The maximum absolute atomic E-state index is 5.65. The molecule has 104 valence electrons. The Kier molecular flexibility index (Phi) is 3.65. The molecule has 3 nitrogen and oxygen atoms in total. The van der Waals surface area contributed by atoms with Crippen LogP contribution in [0.3, 0.4) is 0 Å². The SMILES string of the molecule is Cc1ccc(-c2cnc(Oc3cccc(C)c3)nc2)cc1. The highest BCUT2D eigenvalue weighted by Gasteiger charge is 2.03. The molecule has 1 aromatic heterocycles. The average molecular weight is 276 g/mol. The van der Waals surface area contributed by atoms with E-state index in [2.05, 4.69) is 41.2 Å². The fourth-order valence-electron chi connectivity index (χ4n) is 2.05. The van der Waals surface area contributed by atoms with E-state index in [0.29, 0.717) is 6.01 Å². The minimum Gasteiger partial charge on any atom is -0.424 e. The second-order valence-electron chi connectivity index (χ2n) is 5.04. The molecule has 0 bridgehead atoms. The third-order valence-electron chi connectivity index (χ3n) is 3.21. The standard InChI is InChI=1S/C18H16N2O/c1-13-6-8-15(9-7-13)16-11-19-18(20-12-16)21-17-5-3-4-14(2)10-17/h3-12H,1-2H3. The second-order valence-corrected chi connectivity index (χ2v) is 5.04. The Bertz CT molecular complexity index is 734. The van der Waals surface area contributed by atoms with Crippen LogP contribution in [0, 0.1) is 13.8 Å². The van der Waals surface area contributed by atoms with Gasteiger partial charge in [-0.2, -0.15) is 0 Å². The summed E-state index contributed by atoms with van der Waals surface area (Å²) in [4.78, 5) is 8.54. The molecule has 0 unspecified atom stereocenters. The molecule has 0 aliphatic heterocycles. The minimum atomic E-state index is 0.358. The number of rotatable bonds is 3. The number of ether oxygens (including phenoxy) is 1. The van der Waals surface area contributed by atoms with Crippen LogP contribution in [0.4, 0.5) is 0 Å². The van der Waals surface area contributed by atoms with Crippen LogP contribution in [0.15, 0.2) is 60.9 Å². The van der Waals surface area contributed by atoms with Crippen molar-refractivity contribution in [3.05, 3.63) is 72.1 Å². The van der Waals surface area contributed by atoms with Gasteiger partial charge in [0.1, 0.15) is 5.75 Å². The van der Waals surface area contributed by atoms with Crippen molar-refractivity contribution in [2.75, 3.05) is 0 Å². The molecule has 0 aliphatic carbocycles. The van der Waals surface area contributed by atoms with Gasteiger partial charge in [0.2, 0.25) is 0 Å². The van der Waals surface area contributed by atoms with Crippen molar-refractivity contribution < 1.29 is 4.74 Å². The zero-order valence-electron chi connectivity index (χ0n) is 12.1. The first-order chi connectivity index (χ1) is 10.2. The number of nitrogens with zero attached hydrogens (tertiary/aromatic N) is 2. The van der Waals surface area contributed by atoms with Gasteiger partial charge < -0.3 is 4.74 Å². The van der Waals surface area contributed by atoms with Crippen LogP contribution >= 0.6 is 0 Å². The molecule has 0 radical (unpaired) electrons. The first-order valence-electron chi connectivity index (χ1n) is 6.84. The zero-order valence-corrected chi connectivity index (χ0v) is 12.1. The normalized spacial score (nSPS) is 10.4. The average Bonchev–Trinajstić information content (AvgIpc) is 2.49. The maximum atomic E-state index is 5.65. The van der Waals surface area contributed by atoms with E-state index in [1.54, 1.807) is 12.4 Å². The van der Waals surface area contributed by atoms with Gasteiger partial charge in [-0.3, -0.25) is 0 Å². The second kappa shape index (κ2) is 5.75. The lowest BCUT2D eigenvalue weighted by Crippen LogP contribution is -1.92. The molecule has 0 aliphatic rings. The number of aromatic nitrogens is 2. The highest BCUT2D eigenvalue weighted by atomic mass is 16.5. The van der Waals surface area contributed by atoms with Gasteiger partial charge in [-0.1, -0.05) is 42.0 Å². The molecule has 21 heavy (non-hydrogen) atoms. The molecule has 1 heterocycles. The molecule has 0 N–H and O–H groups in total.